The average Bonchev–Trinajstić information content (AvgIpc) is 3.09. The van der Waals surface area contributed by atoms with Crippen LogP contribution in [0.1, 0.15) is 20.8 Å². The van der Waals surface area contributed by atoms with Gasteiger partial charge in [0.2, 0.25) is 0 Å². The van der Waals surface area contributed by atoms with E-state index in [0.29, 0.717) is 37.4 Å². The van der Waals surface area contributed by atoms with Crippen molar-refractivity contribution < 1.29 is 9.59 Å². The Bertz CT molecular complexity index is 659. The van der Waals surface area contributed by atoms with E-state index >= 15 is 0 Å². The maximum atomic E-state index is 12.4. The number of rotatable bonds is 2. The van der Waals surface area contributed by atoms with Gasteiger partial charge in [0.1, 0.15) is 5.69 Å². The van der Waals surface area contributed by atoms with Crippen molar-refractivity contribution in [3.8, 4) is 0 Å². The van der Waals surface area contributed by atoms with Crippen molar-refractivity contribution in [1.82, 2.24) is 14.8 Å². The molecule has 0 atom stereocenters. The molecule has 3 rings (SSSR count). The summed E-state index contributed by atoms with van der Waals surface area (Å²) in [6, 6.07) is 10.9. The lowest BCUT2D eigenvalue weighted by Crippen LogP contribution is -2.50. The van der Waals surface area contributed by atoms with E-state index in [4.69, 9.17) is 0 Å². The second kappa shape index (κ2) is 6.36. The van der Waals surface area contributed by atoms with Crippen LogP contribution in [0.4, 0.5) is 0 Å². The predicted molar refractivity (Wildman–Crippen MR) is 86.7 cm³/mol. The van der Waals surface area contributed by atoms with Gasteiger partial charge >= 0.3 is 0 Å². The summed E-state index contributed by atoms with van der Waals surface area (Å²) in [7, 11) is 0. The van der Waals surface area contributed by atoms with E-state index in [0.717, 1.165) is 4.47 Å². The number of carbonyl (C=O) groups excluding carboxylic acids is 2. The first kappa shape index (κ1) is 14.8. The summed E-state index contributed by atoms with van der Waals surface area (Å²) in [5.41, 5.74) is 1.26. The summed E-state index contributed by atoms with van der Waals surface area (Å²) in [5, 5.41) is 0. The number of amides is 2. The van der Waals surface area contributed by atoms with Crippen LogP contribution in [0, 0.1) is 0 Å². The second-order valence-electron chi connectivity index (χ2n) is 5.18. The normalized spacial score (nSPS) is 15.0. The molecule has 2 heterocycles. The van der Waals surface area contributed by atoms with E-state index in [9.17, 15) is 9.59 Å². The Balaban J connectivity index is 1.60. The summed E-state index contributed by atoms with van der Waals surface area (Å²) in [6.07, 6.45) is 1.74. The fraction of sp³-hybridized carbons (Fsp3) is 0.250. The molecule has 0 aliphatic carbocycles. The van der Waals surface area contributed by atoms with Gasteiger partial charge in [-0.05, 0) is 36.4 Å². The van der Waals surface area contributed by atoms with Crippen LogP contribution < -0.4 is 0 Å². The molecular weight excluding hydrogens is 346 g/mol. The van der Waals surface area contributed by atoms with Crippen molar-refractivity contribution in [3.05, 3.63) is 58.3 Å². The molecule has 2 aromatic rings. The number of aromatic amines is 1. The van der Waals surface area contributed by atoms with Crippen LogP contribution in [0.25, 0.3) is 0 Å². The Morgan fingerprint density at radius 3 is 2.05 bits per heavy atom. The van der Waals surface area contributed by atoms with Crippen LogP contribution in [-0.4, -0.2) is 52.8 Å². The van der Waals surface area contributed by atoms with Crippen LogP contribution in [0.3, 0.4) is 0 Å². The fourth-order valence-electron chi connectivity index (χ4n) is 2.52. The SMILES string of the molecule is O=C(c1ccc(Br)cc1)N1CCN(C(=O)c2ccc[nH]2)CC1. The van der Waals surface area contributed by atoms with Gasteiger partial charge in [0.05, 0.1) is 0 Å². The summed E-state index contributed by atoms with van der Waals surface area (Å²) in [5.74, 6) is 0.000197. The Kier molecular flexibility index (Phi) is 4.29. The third-order valence-electron chi connectivity index (χ3n) is 3.77. The van der Waals surface area contributed by atoms with Gasteiger partial charge in [0.25, 0.3) is 11.8 Å². The number of piperazine rings is 1. The molecule has 5 nitrogen and oxygen atoms in total. The molecule has 1 N–H and O–H groups in total. The van der Waals surface area contributed by atoms with E-state index in [1.165, 1.54) is 0 Å². The molecule has 0 radical (unpaired) electrons. The van der Waals surface area contributed by atoms with Gasteiger partial charge in [-0.1, -0.05) is 15.9 Å². The fourth-order valence-corrected chi connectivity index (χ4v) is 2.79. The van der Waals surface area contributed by atoms with Gasteiger partial charge in [-0.2, -0.15) is 0 Å². The van der Waals surface area contributed by atoms with Crippen molar-refractivity contribution in [1.29, 1.82) is 0 Å². The zero-order valence-corrected chi connectivity index (χ0v) is 13.5. The monoisotopic (exact) mass is 361 g/mol. The standard InChI is InChI=1S/C16H16BrN3O2/c17-13-5-3-12(4-6-13)15(21)19-8-10-20(11-9-19)16(22)14-2-1-7-18-14/h1-7,18H,8-11H2. The molecular formula is C16H16BrN3O2. The maximum absolute atomic E-state index is 12.4. The van der Waals surface area contributed by atoms with E-state index in [1.54, 1.807) is 28.1 Å². The minimum Gasteiger partial charge on any atom is -0.357 e. The zero-order valence-electron chi connectivity index (χ0n) is 12.0. The van der Waals surface area contributed by atoms with Crippen molar-refractivity contribution in [2.45, 2.75) is 0 Å². The molecule has 1 aliphatic rings. The van der Waals surface area contributed by atoms with Gasteiger partial charge in [0, 0.05) is 42.4 Å². The van der Waals surface area contributed by atoms with E-state index in [1.807, 2.05) is 24.3 Å². The van der Waals surface area contributed by atoms with Crippen LogP contribution in [0.5, 0.6) is 0 Å². The minimum absolute atomic E-state index is 0.0132. The van der Waals surface area contributed by atoms with Crippen molar-refractivity contribution in [2.24, 2.45) is 0 Å². The highest BCUT2D eigenvalue weighted by atomic mass is 79.9. The lowest BCUT2D eigenvalue weighted by atomic mass is 10.2. The minimum atomic E-state index is -0.0132. The average molecular weight is 362 g/mol. The number of benzene rings is 1. The molecule has 0 saturated carbocycles. The zero-order chi connectivity index (χ0) is 15.5. The number of halogens is 1. The van der Waals surface area contributed by atoms with Crippen molar-refractivity contribution in [3.63, 3.8) is 0 Å². The van der Waals surface area contributed by atoms with E-state index in [2.05, 4.69) is 20.9 Å². The Morgan fingerprint density at radius 2 is 1.50 bits per heavy atom. The number of nitrogens with zero attached hydrogens (tertiary/aromatic N) is 2. The van der Waals surface area contributed by atoms with E-state index < -0.39 is 0 Å². The second-order valence-corrected chi connectivity index (χ2v) is 6.09. The molecule has 22 heavy (non-hydrogen) atoms. The maximum Gasteiger partial charge on any atom is 0.270 e. The highest BCUT2D eigenvalue weighted by Crippen LogP contribution is 2.14. The van der Waals surface area contributed by atoms with Crippen LogP contribution >= 0.6 is 15.9 Å². The largest absolute Gasteiger partial charge is 0.357 e. The Hall–Kier alpha value is -2.08. The Morgan fingerprint density at radius 1 is 0.909 bits per heavy atom. The van der Waals surface area contributed by atoms with Gasteiger partial charge in [-0.25, -0.2) is 0 Å². The molecule has 114 valence electrons. The Labute approximate surface area is 137 Å². The van der Waals surface area contributed by atoms with Crippen LogP contribution in [-0.2, 0) is 0 Å². The smallest absolute Gasteiger partial charge is 0.270 e. The molecule has 1 fully saturated rings. The molecule has 1 saturated heterocycles. The molecule has 1 aromatic heterocycles. The van der Waals surface area contributed by atoms with Crippen LogP contribution in [0.15, 0.2) is 47.1 Å². The molecule has 2 amide bonds. The number of nitrogens with one attached hydrogen (secondary N) is 1. The lowest BCUT2D eigenvalue weighted by molar-refractivity contribution is 0.0532. The summed E-state index contributed by atoms with van der Waals surface area (Å²) in [4.78, 5) is 31.1. The summed E-state index contributed by atoms with van der Waals surface area (Å²) in [6.45, 7) is 2.23. The highest BCUT2D eigenvalue weighted by Gasteiger charge is 2.25. The first-order valence-electron chi connectivity index (χ1n) is 7.12. The predicted octanol–water partition coefficient (Wildman–Crippen LogP) is 2.38. The van der Waals surface area contributed by atoms with Crippen molar-refractivity contribution in [2.75, 3.05) is 26.2 Å². The van der Waals surface area contributed by atoms with E-state index in [-0.39, 0.29) is 11.8 Å². The molecule has 0 spiro atoms. The third kappa shape index (κ3) is 3.06. The molecule has 6 heteroatoms. The number of hydrogen-bond acceptors (Lipinski definition) is 2. The first-order valence-corrected chi connectivity index (χ1v) is 7.92. The summed E-state index contributed by atoms with van der Waals surface area (Å²) < 4.78 is 0.949. The van der Waals surface area contributed by atoms with Crippen LogP contribution in [0.2, 0.25) is 0 Å². The molecule has 0 bridgehead atoms. The lowest BCUT2D eigenvalue weighted by Gasteiger charge is -2.34. The van der Waals surface area contributed by atoms with Gasteiger partial charge in [-0.15, -0.1) is 0 Å². The molecule has 1 aromatic carbocycles. The number of aromatic nitrogens is 1. The number of carbonyl (C=O) groups is 2. The molecule has 1 aliphatic heterocycles. The van der Waals surface area contributed by atoms with Crippen molar-refractivity contribution >= 4 is 27.7 Å². The van der Waals surface area contributed by atoms with Gasteiger partial charge in [-0.3, -0.25) is 9.59 Å². The number of H-pyrrole nitrogens is 1. The quantitative estimate of drug-likeness (QED) is 0.892. The highest BCUT2D eigenvalue weighted by molar-refractivity contribution is 9.10. The molecule has 0 unspecified atom stereocenters. The van der Waals surface area contributed by atoms with Gasteiger partial charge in [0.15, 0.2) is 0 Å². The third-order valence-corrected chi connectivity index (χ3v) is 4.30. The number of hydrogen-bond donors (Lipinski definition) is 1. The topological polar surface area (TPSA) is 56.4 Å². The first-order chi connectivity index (χ1) is 10.6. The van der Waals surface area contributed by atoms with Gasteiger partial charge < -0.3 is 14.8 Å². The summed E-state index contributed by atoms with van der Waals surface area (Å²) >= 11 is 3.36.